The van der Waals surface area contributed by atoms with E-state index in [2.05, 4.69) is 0 Å². The first-order valence-electron chi connectivity index (χ1n) is 5.22. The Kier molecular flexibility index (Phi) is 5.56. The SMILES string of the molecule is N[C@H]1C(OCCCO)O[C@H](CO)[C@@H](O)[C@@H]1O. The molecular weight excluding hydrogens is 218 g/mol. The van der Waals surface area contributed by atoms with Gasteiger partial charge in [0, 0.05) is 6.61 Å². The quantitative estimate of drug-likeness (QED) is 0.326. The van der Waals surface area contributed by atoms with Crippen LogP contribution in [-0.2, 0) is 9.47 Å². The highest BCUT2D eigenvalue weighted by atomic mass is 16.7. The molecule has 16 heavy (non-hydrogen) atoms. The molecule has 0 saturated carbocycles. The van der Waals surface area contributed by atoms with E-state index in [1.807, 2.05) is 0 Å². The van der Waals surface area contributed by atoms with Crippen LogP contribution in [0.4, 0.5) is 0 Å². The number of nitrogens with two attached hydrogens (primary N) is 1. The van der Waals surface area contributed by atoms with E-state index in [9.17, 15) is 10.2 Å². The molecule has 0 aliphatic carbocycles. The number of ether oxygens (including phenoxy) is 2. The standard InChI is InChI=1S/C9H19NO6/c10-6-8(14)7(13)5(4-12)16-9(6)15-3-1-2-11/h5-9,11-14H,1-4,10H2/t5-,6-,7-,8-,9?/m1/s1. The van der Waals surface area contributed by atoms with Crippen molar-refractivity contribution in [2.45, 2.75) is 37.1 Å². The Bertz CT molecular complexity index is 202. The van der Waals surface area contributed by atoms with E-state index in [4.69, 9.17) is 25.4 Å². The Balaban J connectivity index is 2.50. The maximum Gasteiger partial charge on any atom is 0.175 e. The molecule has 0 aromatic carbocycles. The fraction of sp³-hybridized carbons (Fsp3) is 1.00. The van der Waals surface area contributed by atoms with Crippen molar-refractivity contribution in [2.24, 2.45) is 5.73 Å². The molecule has 5 atom stereocenters. The van der Waals surface area contributed by atoms with Gasteiger partial charge < -0.3 is 35.6 Å². The lowest BCUT2D eigenvalue weighted by molar-refractivity contribution is -0.265. The van der Waals surface area contributed by atoms with Crippen molar-refractivity contribution in [3.05, 3.63) is 0 Å². The van der Waals surface area contributed by atoms with Crippen molar-refractivity contribution in [2.75, 3.05) is 19.8 Å². The minimum absolute atomic E-state index is 0.0173. The summed E-state index contributed by atoms with van der Waals surface area (Å²) in [6.07, 6.45) is -3.80. The zero-order valence-electron chi connectivity index (χ0n) is 8.90. The summed E-state index contributed by atoms with van der Waals surface area (Å²) in [5.74, 6) is 0. The van der Waals surface area contributed by atoms with Gasteiger partial charge in [0.15, 0.2) is 6.29 Å². The Labute approximate surface area is 93.4 Å². The van der Waals surface area contributed by atoms with E-state index >= 15 is 0 Å². The lowest BCUT2D eigenvalue weighted by Gasteiger charge is -2.40. The van der Waals surface area contributed by atoms with Crippen LogP contribution in [-0.4, -0.2) is 70.9 Å². The summed E-state index contributed by atoms with van der Waals surface area (Å²) in [4.78, 5) is 0. The second kappa shape index (κ2) is 6.45. The summed E-state index contributed by atoms with van der Waals surface area (Å²) in [5.41, 5.74) is 5.61. The van der Waals surface area contributed by atoms with E-state index in [1.54, 1.807) is 0 Å². The summed E-state index contributed by atoms with van der Waals surface area (Å²) >= 11 is 0. The van der Waals surface area contributed by atoms with Gasteiger partial charge >= 0.3 is 0 Å². The van der Waals surface area contributed by atoms with Gasteiger partial charge in [0.2, 0.25) is 0 Å². The highest BCUT2D eigenvalue weighted by Gasteiger charge is 2.42. The van der Waals surface area contributed by atoms with Gasteiger partial charge in [0.05, 0.1) is 19.3 Å². The van der Waals surface area contributed by atoms with Crippen LogP contribution in [0.15, 0.2) is 0 Å². The van der Waals surface area contributed by atoms with Crippen molar-refractivity contribution in [3.8, 4) is 0 Å². The summed E-state index contributed by atoms with van der Waals surface area (Å²) in [5, 5.41) is 36.6. The van der Waals surface area contributed by atoms with Crippen LogP contribution in [0.5, 0.6) is 0 Å². The van der Waals surface area contributed by atoms with Crippen LogP contribution >= 0.6 is 0 Å². The summed E-state index contributed by atoms with van der Waals surface area (Å²) < 4.78 is 10.4. The molecule has 1 saturated heterocycles. The zero-order chi connectivity index (χ0) is 12.1. The molecule has 0 aromatic heterocycles. The molecule has 7 heteroatoms. The van der Waals surface area contributed by atoms with Gasteiger partial charge in [-0.25, -0.2) is 0 Å². The Morgan fingerprint density at radius 2 is 1.88 bits per heavy atom. The van der Waals surface area contributed by atoms with E-state index in [0.717, 1.165) is 0 Å². The van der Waals surface area contributed by atoms with Crippen LogP contribution in [0.3, 0.4) is 0 Å². The molecule has 6 N–H and O–H groups in total. The number of aliphatic hydroxyl groups excluding tert-OH is 4. The van der Waals surface area contributed by atoms with Crippen molar-refractivity contribution < 1.29 is 29.9 Å². The number of hydrogen-bond acceptors (Lipinski definition) is 7. The first-order valence-corrected chi connectivity index (χ1v) is 5.22. The number of aliphatic hydroxyl groups is 4. The van der Waals surface area contributed by atoms with Crippen LogP contribution in [0.25, 0.3) is 0 Å². The van der Waals surface area contributed by atoms with Gasteiger partial charge in [-0.3, -0.25) is 0 Å². The van der Waals surface area contributed by atoms with Crippen molar-refractivity contribution in [3.63, 3.8) is 0 Å². The predicted molar refractivity (Wildman–Crippen MR) is 53.4 cm³/mol. The number of rotatable bonds is 5. The predicted octanol–water partition coefficient (Wildman–Crippen LogP) is -2.85. The highest BCUT2D eigenvalue weighted by Crippen LogP contribution is 2.20. The van der Waals surface area contributed by atoms with Gasteiger partial charge in [0.25, 0.3) is 0 Å². The molecule has 0 bridgehead atoms. The fourth-order valence-electron chi connectivity index (χ4n) is 1.52. The van der Waals surface area contributed by atoms with Crippen LogP contribution in [0.2, 0.25) is 0 Å². The third kappa shape index (κ3) is 3.11. The van der Waals surface area contributed by atoms with Crippen molar-refractivity contribution in [1.29, 1.82) is 0 Å². The molecule has 1 aliphatic rings. The van der Waals surface area contributed by atoms with Crippen LogP contribution < -0.4 is 5.73 Å². The second-order valence-corrected chi connectivity index (χ2v) is 3.73. The summed E-state index contributed by atoms with van der Waals surface area (Å²) in [6.45, 7) is -0.211. The smallest absolute Gasteiger partial charge is 0.175 e. The molecule has 1 heterocycles. The third-order valence-electron chi connectivity index (χ3n) is 2.51. The Morgan fingerprint density at radius 3 is 2.44 bits per heavy atom. The maximum atomic E-state index is 9.58. The zero-order valence-corrected chi connectivity index (χ0v) is 8.90. The van der Waals surface area contributed by atoms with Gasteiger partial charge in [-0.1, -0.05) is 0 Å². The molecule has 0 spiro atoms. The minimum Gasteiger partial charge on any atom is -0.396 e. The fourth-order valence-corrected chi connectivity index (χ4v) is 1.52. The molecule has 7 nitrogen and oxygen atoms in total. The average molecular weight is 237 g/mol. The molecule has 1 fully saturated rings. The summed E-state index contributed by atoms with van der Waals surface area (Å²) in [6, 6.07) is -0.878. The normalized spacial score (nSPS) is 39.9. The monoisotopic (exact) mass is 237 g/mol. The largest absolute Gasteiger partial charge is 0.396 e. The van der Waals surface area contributed by atoms with Crippen LogP contribution in [0.1, 0.15) is 6.42 Å². The topological polar surface area (TPSA) is 125 Å². The van der Waals surface area contributed by atoms with Gasteiger partial charge in [0.1, 0.15) is 18.3 Å². The minimum atomic E-state index is -1.22. The Hall–Kier alpha value is -0.280. The number of hydrogen-bond donors (Lipinski definition) is 5. The molecule has 1 aliphatic heterocycles. The van der Waals surface area contributed by atoms with E-state index in [1.165, 1.54) is 0 Å². The first-order chi connectivity index (χ1) is 7.61. The van der Waals surface area contributed by atoms with Crippen molar-refractivity contribution in [1.82, 2.24) is 0 Å². The highest BCUT2D eigenvalue weighted by molar-refractivity contribution is 4.91. The molecule has 0 radical (unpaired) electrons. The summed E-state index contributed by atoms with van der Waals surface area (Å²) in [7, 11) is 0. The molecule has 1 rings (SSSR count). The molecule has 96 valence electrons. The molecule has 1 unspecified atom stereocenters. The lowest BCUT2D eigenvalue weighted by Crippen LogP contribution is -2.62. The molecular formula is C9H19NO6. The Morgan fingerprint density at radius 1 is 1.19 bits per heavy atom. The van der Waals surface area contributed by atoms with Crippen molar-refractivity contribution >= 4 is 0 Å². The van der Waals surface area contributed by atoms with E-state index in [0.29, 0.717) is 6.42 Å². The van der Waals surface area contributed by atoms with E-state index in [-0.39, 0.29) is 13.2 Å². The second-order valence-electron chi connectivity index (χ2n) is 3.73. The van der Waals surface area contributed by atoms with Crippen LogP contribution in [0, 0.1) is 0 Å². The van der Waals surface area contributed by atoms with E-state index < -0.39 is 37.3 Å². The molecule has 0 aromatic rings. The third-order valence-corrected chi connectivity index (χ3v) is 2.51. The van der Waals surface area contributed by atoms with Gasteiger partial charge in [-0.2, -0.15) is 0 Å². The average Bonchev–Trinajstić information content (AvgIpc) is 2.29. The maximum absolute atomic E-state index is 9.58. The molecule has 0 amide bonds. The lowest BCUT2D eigenvalue weighted by atomic mass is 9.98. The van der Waals surface area contributed by atoms with Gasteiger partial charge in [-0.15, -0.1) is 0 Å². The first kappa shape index (κ1) is 13.8. The van der Waals surface area contributed by atoms with Gasteiger partial charge in [-0.05, 0) is 6.42 Å².